The standard InChI is InChI=1S/C15H16ClF3.C9H12O2S/c16-14-8-7-12(10-14)4-1-3-11-5-2-6-13(9-11)15(17,18)19;1-3-4-7-5-6-8(12-7)9(10)11-2/h1-2,4-6,9,12,14H,3,7-8,10H2;5-6H,3-4H2,1-2H3. The Morgan fingerprint density at radius 2 is 2.03 bits per heavy atom. The molecule has 1 saturated carbocycles. The molecule has 7 heteroatoms. The van der Waals surface area contributed by atoms with Crippen LogP contribution in [0.2, 0.25) is 0 Å². The molecule has 0 saturated heterocycles. The van der Waals surface area contributed by atoms with Crippen LogP contribution < -0.4 is 0 Å². The van der Waals surface area contributed by atoms with Crippen molar-refractivity contribution in [3.8, 4) is 0 Å². The van der Waals surface area contributed by atoms with Crippen LogP contribution in [0.1, 0.15) is 58.3 Å². The molecule has 1 aromatic heterocycles. The van der Waals surface area contributed by atoms with Gasteiger partial charge >= 0.3 is 12.1 Å². The summed E-state index contributed by atoms with van der Waals surface area (Å²) in [6.45, 7) is 2.12. The molecule has 0 spiro atoms. The lowest BCUT2D eigenvalue weighted by molar-refractivity contribution is -0.137. The zero-order valence-electron chi connectivity index (χ0n) is 17.8. The van der Waals surface area contributed by atoms with Gasteiger partial charge in [-0.15, -0.1) is 22.9 Å². The highest BCUT2D eigenvalue weighted by molar-refractivity contribution is 7.13. The van der Waals surface area contributed by atoms with Crippen molar-refractivity contribution in [2.45, 2.75) is 57.0 Å². The number of rotatable bonds is 6. The highest BCUT2D eigenvalue weighted by Gasteiger charge is 2.30. The molecule has 2 aromatic rings. The fraction of sp³-hybridized carbons (Fsp3) is 0.458. The number of esters is 1. The number of alkyl halides is 4. The molecule has 31 heavy (non-hydrogen) atoms. The maximum Gasteiger partial charge on any atom is 0.416 e. The number of allylic oxidation sites excluding steroid dienone is 2. The Morgan fingerprint density at radius 1 is 1.26 bits per heavy atom. The van der Waals surface area contributed by atoms with Crippen LogP contribution in [0.15, 0.2) is 48.6 Å². The summed E-state index contributed by atoms with van der Waals surface area (Å²) in [5.41, 5.74) is 0.103. The van der Waals surface area contributed by atoms with Crippen LogP contribution in [-0.4, -0.2) is 18.5 Å². The number of methoxy groups -OCH3 is 1. The molecule has 2 atom stereocenters. The zero-order valence-corrected chi connectivity index (χ0v) is 19.3. The predicted molar refractivity (Wildman–Crippen MR) is 121 cm³/mol. The van der Waals surface area contributed by atoms with E-state index >= 15 is 0 Å². The minimum absolute atomic E-state index is 0.234. The summed E-state index contributed by atoms with van der Waals surface area (Å²) >= 11 is 7.53. The number of carbonyl (C=O) groups is 1. The minimum Gasteiger partial charge on any atom is -0.465 e. The van der Waals surface area contributed by atoms with Crippen LogP contribution in [0.3, 0.4) is 0 Å². The van der Waals surface area contributed by atoms with Gasteiger partial charge in [0.15, 0.2) is 0 Å². The van der Waals surface area contributed by atoms with Gasteiger partial charge in [-0.1, -0.05) is 43.7 Å². The summed E-state index contributed by atoms with van der Waals surface area (Å²) in [6.07, 6.45) is 5.54. The number of hydrogen-bond acceptors (Lipinski definition) is 3. The lowest BCUT2D eigenvalue weighted by Gasteiger charge is -2.07. The minimum atomic E-state index is -4.27. The lowest BCUT2D eigenvalue weighted by atomic mass is 10.0. The van der Waals surface area contributed by atoms with Gasteiger partial charge in [-0.3, -0.25) is 0 Å². The molecule has 170 valence electrons. The van der Waals surface area contributed by atoms with Crippen molar-refractivity contribution in [1.82, 2.24) is 0 Å². The Bertz CT molecular complexity index is 861. The van der Waals surface area contributed by atoms with Gasteiger partial charge in [0.25, 0.3) is 0 Å². The fourth-order valence-corrected chi connectivity index (χ4v) is 4.76. The van der Waals surface area contributed by atoms with Crippen molar-refractivity contribution in [3.63, 3.8) is 0 Å². The molecule has 2 nitrogen and oxygen atoms in total. The predicted octanol–water partition coefficient (Wildman–Crippen LogP) is 7.70. The Morgan fingerprint density at radius 3 is 2.65 bits per heavy atom. The van der Waals surface area contributed by atoms with E-state index in [9.17, 15) is 18.0 Å². The molecular weight excluding hydrogens is 445 g/mol. The number of thiophene rings is 1. The smallest absolute Gasteiger partial charge is 0.416 e. The van der Waals surface area contributed by atoms with Crippen LogP contribution in [0.25, 0.3) is 0 Å². The SMILES string of the molecule is CCCc1ccc(C(=O)OC)s1.FC(F)(F)c1cccc(CC=CC2CCC(Cl)C2)c1. The van der Waals surface area contributed by atoms with Crippen molar-refractivity contribution >= 4 is 28.9 Å². The van der Waals surface area contributed by atoms with E-state index in [0.29, 0.717) is 22.8 Å². The molecule has 1 heterocycles. The van der Waals surface area contributed by atoms with Gasteiger partial charge in [0.05, 0.1) is 12.7 Å². The topological polar surface area (TPSA) is 26.3 Å². The highest BCUT2D eigenvalue weighted by Crippen LogP contribution is 2.31. The number of benzene rings is 1. The first-order valence-corrected chi connectivity index (χ1v) is 11.6. The van der Waals surface area contributed by atoms with E-state index < -0.39 is 11.7 Å². The second-order valence-electron chi connectivity index (χ2n) is 7.51. The van der Waals surface area contributed by atoms with Gasteiger partial charge in [0.1, 0.15) is 4.88 Å². The van der Waals surface area contributed by atoms with Crippen LogP contribution in [0.5, 0.6) is 0 Å². The first-order valence-electron chi connectivity index (χ1n) is 10.4. The van der Waals surface area contributed by atoms with Crippen molar-refractivity contribution < 1.29 is 22.7 Å². The van der Waals surface area contributed by atoms with Gasteiger partial charge < -0.3 is 4.74 Å². The monoisotopic (exact) mass is 472 g/mol. The first-order chi connectivity index (χ1) is 14.7. The lowest BCUT2D eigenvalue weighted by Crippen LogP contribution is -2.05. The van der Waals surface area contributed by atoms with Gasteiger partial charge in [-0.2, -0.15) is 13.2 Å². The second kappa shape index (κ2) is 12.3. The summed E-state index contributed by atoms with van der Waals surface area (Å²) in [5, 5.41) is 0.253. The van der Waals surface area contributed by atoms with E-state index in [1.54, 1.807) is 6.07 Å². The van der Waals surface area contributed by atoms with Gasteiger partial charge in [-0.25, -0.2) is 4.79 Å². The molecular formula is C24H28ClF3O2S. The molecule has 0 aliphatic heterocycles. The summed E-state index contributed by atoms with van der Waals surface area (Å²) < 4.78 is 42.2. The Kier molecular flexibility index (Phi) is 10.1. The van der Waals surface area contributed by atoms with Crippen LogP contribution >= 0.6 is 22.9 Å². The van der Waals surface area contributed by atoms with E-state index in [-0.39, 0.29) is 11.3 Å². The van der Waals surface area contributed by atoms with E-state index in [2.05, 4.69) is 17.7 Å². The Hall–Kier alpha value is -1.79. The molecule has 1 aliphatic rings. The number of ether oxygens (including phenoxy) is 1. The van der Waals surface area contributed by atoms with Crippen molar-refractivity contribution in [2.24, 2.45) is 5.92 Å². The van der Waals surface area contributed by atoms with E-state index in [1.165, 1.54) is 35.5 Å². The third-order valence-electron chi connectivity index (χ3n) is 4.97. The van der Waals surface area contributed by atoms with Crippen molar-refractivity contribution in [1.29, 1.82) is 0 Å². The third kappa shape index (κ3) is 8.69. The summed E-state index contributed by atoms with van der Waals surface area (Å²) in [4.78, 5) is 13.0. The number of hydrogen-bond donors (Lipinski definition) is 0. The Labute approximate surface area is 191 Å². The largest absolute Gasteiger partial charge is 0.465 e. The van der Waals surface area contributed by atoms with Crippen LogP contribution in [0.4, 0.5) is 13.2 Å². The highest BCUT2D eigenvalue weighted by atomic mass is 35.5. The van der Waals surface area contributed by atoms with Crippen LogP contribution in [0, 0.1) is 5.92 Å². The summed E-state index contributed by atoms with van der Waals surface area (Å²) in [5.74, 6) is 0.246. The number of halogens is 4. The molecule has 1 fully saturated rings. The summed E-state index contributed by atoms with van der Waals surface area (Å²) in [6, 6.07) is 9.29. The van der Waals surface area contributed by atoms with E-state index in [1.807, 2.05) is 18.2 Å². The third-order valence-corrected chi connectivity index (χ3v) is 6.49. The average Bonchev–Trinajstić information content (AvgIpc) is 3.37. The normalized spacial score (nSPS) is 18.6. The number of aryl methyl sites for hydroxylation is 1. The molecule has 2 unspecified atom stereocenters. The summed E-state index contributed by atoms with van der Waals surface area (Å²) in [7, 11) is 1.40. The molecule has 0 N–H and O–H groups in total. The molecule has 1 aliphatic carbocycles. The van der Waals surface area contributed by atoms with Gasteiger partial charge in [0.2, 0.25) is 0 Å². The van der Waals surface area contributed by atoms with E-state index in [4.69, 9.17) is 11.6 Å². The molecule has 1 aromatic carbocycles. The van der Waals surface area contributed by atoms with Crippen molar-refractivity contribution in [2.75, 3.05) is 7.11 Å². The van der Waals surface area contributed by atoms with Gasteiger partial charge in [0, 0.05) is 10.3 Å². The Balaban J connectivity index is 0.000000245. The van der Waals surface area contributed by atoms with Crippen LogP contribution in [-0.2, 0) is 23.8 Å². The molecule has 0 amide bonds. The van der Waals surface area contributed by atoms with Gasteiger partial charge in [-0.05, 0) is 61.8 Å². The zero-order chi connectivity index (χ0) is 22.9. The van der Waals surface area contributed by atoms with E-state index in [0.717, 1.165) is 38.2 Å². The first kappa shape index (κ1) is 25.5. The second-order valence-corrected chi connectivity index (χ2v) is 9.29. The quantitative estimate of drug-likeness (QED) is 0.244. The number of carbonyl (C=O) groups excluding carboxylic acids is 1. The average molecular weight is 473 g/mol. The van der Waals surface area contributed by atoms with Crippen molar-refractivity contribution in [3.05, 3.63) is 69.4 Å². The molecule has 3 rings (SSSR count). The fourth-order valence-electron chi connectivity index (χ4n) is 3.37. The maximum atomic E-state index is 12.5. The molecule has 0 radical (unpaired) electrons. The molecule has 0 bridgehead atoms. The maximum absolute atomic E-state index is 12.5.